The number of nitrogens with one attached hydrogen (secondary N) is 6. The van der Waals surface area contributed by atoms with Crippen LogP contribution in [0.1, 0.15) is 81.8 Å². The molecule has 0 bridgehead atoms. The van der Waals surface area contributed by atoms with E-state index in [9.17, 15) is 33.9 Å². The first-order valence-electron chi connectivity index (χ1n) is 19.6. The van der Waals surface area contributed by atoms with Crippen LogP contribution in [0.25, 0.3) is 17.1 Å². The van der Waals surface area contributed by atoms with Crippen molar-refractivity contribution in [2.75, 3.05) is 11.9 Å². The van der Waals surface area contributed by atoms with Crippen molar-refractivity contribution in [2.24, 2.45) is 5.73 Å². The Morgan fingerprint density at radius 1 is 0.862 bits per heavy atom. The molecule has 9 N–H and O–H groups in total. The minimum absolute atomic E-state index is 0.0214. The highest BCUT2D eigenvalue weighted by Gasteiger charge is 2.41. The molecule has 0 spiro atoms. The summed E-state index contributed by atoms with van der Waals surface area (Å²) in [5.74, 6) is -3.19. The van der Waals surface area contributed by atoms with Crippen molar-refractivity contribution < 1.29 is 33.9 Å². The fourth-order valence-corrected chi connectivity index (χ4v) is 6.85. The minimum Gasteiger partial charge on any atom is -0.481 e. The van der Waals surface area contributed by atoms with E-state index in [1.54, 1.807) is 36.7 Å². The van der Waals surface area contributed by atoms with Crippen LogP contribution in [0.5, 0.6) is 0 Å². The second kappa shape index (κ2) is 21.1. The molecule has 0 aliphatic heterocycles. The number of nitrogens with zero attached hydrogens (tertiary/aromatic N) is 2. The van der Waals surface area contributed by atoms with Crippen LogP contribution in [0.15, 0.2) is 79.1 Å². The van der Waals surface area contributed by atoms with Crippen LogP contribution in [0.4, 0.5) is 11.6 Å². The molecular formula is C42H51N9O7. The molecule has 5 rings (SSSR count). The standard InChI is InChI=1S/C42H51N9O7/c43-40(58)42(22-5-1-6-23-42)51-39(57)34(14-8-15-37(54)55)48-38(56)33(13-4-7-25-45-35(52)21-18-29-10-9-24-44-27-29)47-36(53)26-28-16-19-30(20-17-28)46-41-49-31-11-2-3-12-32(31)50-41/h2-3,9-12,16-21,24,27,33-34H,1,4-8,13-15,22-23,25-26H2,(H2,43,58)(H,45,52)(H,47,53)(H,48,56)(H,51,57)(H,54,55)(H2,46,49,50)/b21-18+/t33-,34-/m1/s1. The molecule has 0 unspecified atom stereocenters. The van der Waals surface area contributed by atoms with Gasteiger partial charge in [-0.1, -0.05) is 49.6 Å². The van der Waals surface area contributed by atoms with Gasteiger partial charge in [0.25, 0.3) is 0 Å². The second-order valence-electron chi connectivity index (χ2n) is 14.5. The number of imidazole rings is 1. The molecule has 2 aromatic carbocycles. The number of unbranched alkanes of at least 4 members (excludes halogenated alkanes) is 1. The summed E-state index contributed by atoms with van der Waals surface area (Å²) in [5, 5.41) is 23.6. The number of aromatic nitrogens is 3. The zero-order valence-electron chi connectivity index (χ0n) is 32.3. The van der Waals surface area contributed by atoms with Crippen LogP contribution in [0, 0.1) is 0 Å². The lowest BCUT2D eigenvalue weighted by Crippen LogP contribution is -2.62. The largest absolute Gasteiger partial charge is 0.481 e. The van der Waals surface area contributed by atoms with Gasteiger partial charge in [0.1, 0.15) is 17.6 Å². The SMILES string of the molecule is NC(=O)C1(NC(=O)[C@@H](CCCC(=O)O)NC(=O)[C@@H](CCCCNC(=O)/C=C/c2cccnc2)NC(=O)Cc2ccc(Nc3nc4ccccc4[nH]3)cc2)CCCCC1. The summed E-state index contributed by atoms with van der Waals surface area (Å²) in [6.45, 7) is 0.308. The van der Waals surface area contributed by atoms with Crippen LogP contribution >= 0.6 is 0 Å². The van der Waals surface area contributed by atoms with Gasteiger partial charge in [-0.3, -0.25) is 33.8 Å². The monoisotopic (exact) mass is 793 g/mol. The zero-order valence-corrected chi connectivity index (χ0v) is 32.3. The predicted molar refractivity (Wildman–Crippen MR) is 218 cm³/mol. The molecule has 5 amide bonds. The summed E-state index contributed by atoms with van der Waals surface area (Å²) in [5.41, 5.74) is 8.40. The van der Waals surface area contributed by atoms with Crippen molar-refractivity contribution in [1.82, 2.24) is 36.2 Å². The number of pyridine rings is 1. The number of nitrogens with two attached hydrogens (primary N) is 1. The summed E-state index contributed by atoms with van der Waals surface area (Å²) in [4.78, 5) is 89.0. The molecule has 2 aromatic heterocycles. The molecule has 306 valence electrons. The van der Waals surface area contributed by atoms with Gasteiger partial charge in [-0.05, 0) is 92.5 Å². The number of hydrogen-bond acceptors (Lipinski definition) is 9. The second-order valence-corrected chi connectivity index (χ2v) is 14.5. The summed E-state index contributed by atoms with van der Waals surface area (Å²) in [6.07, 6.45) is 10.1. The fraction of sp³-hybridized carbons (Fsp3) is 0.381. The maximum atomic E-state index is 13.9. The Morgan fingerprint density at radius 2 is 1.60 bits per heavy atom. The molecule has 16 heteroatoms. The summed E-state index contributed by atoms with van der Waals surface area (Å²) in [6, 6.07) is 16.2. The number of carbonyl (C=O) groups excluding carboxylic acids is 5. The van der Waals surface area contributed by atoms with Gasteiger partial charge in [0.05, 0.1) is 17.5 Å². The topological polar surface area (TPSA) is 250 Å². The quantitative estimate of drug-likeness (QED) is 0.0448. The zero-order chi connectivity index (χ0) is 41.3. The lowest BCUT2D eigenvalue weighted by molar-refractivity contribution is -0.138. The minimum atomic E-state index is -1.27. The number of carbonyl (C=O) groups is 6. The number of primary amides is 1. The van der Waals surface area contributed by atoms with Gasteiger partial charge in [-0.25, -0.2) is 4.98 Å². The Balaban J connectivity index is 1.23. The van der Waals surface area contributed by atoms with E-state index in [-0.39, 0.29) is 38.0 Å². The van der Waals surface area contributed by atoms with Crippen LogP contribution in [-0.2, 0) is 35.2 Å². The molecule has 16 nitrogen and oxygen atoms in total. The van der Waals surface area contributed by atoms with E-state index < -0.39 is 47.2 Å². The van der Waals surface area contributed by atoms with Gasteiger partial charge in [-0.2, -0.15) is 0 Å². The fourth-order valence-electron chi connectivity index (χ4n) is 6.85. The van der Waals surface area contributed by atoms with Crippen molar-refractivity contribution in [3.05, 3.63) is 90.3 Å². The number of aliphatic carboxylic acids is 1. The first-order chi connectivity index (χ1) is 28.0. The molecule has 2 heterocycles. The van der Waals surface area contributed by atoms with Crippen molar-refractivity contribution in [1.29, 1.82) is 0 Å². The molecule has 1 saturated carbocycles. The van der Waals surface area contributed by atoms with E-state index in [0.717, 1.165) is 28.7 Å². The van der Waals surface area contributed by atoms with E-state index in [1.165, 1.54) is 6.08 Å². The Kier molecular flexibility index (Phi) is 15.5. The van der Waals surface area contributed by atoms with Crippen LogP contribution < -0.4 is 32.3 Å². The Morgan fingerprint density at radius 3 is 2.31 bits per heavy atom. The first kappa shape index (κ1) is 42.6. The van der Waals surface area contributed by atoms with Crippen molar-refractivity contribution in [2.45, 2.75) is 94.7 Å². The predicted octanol–water partition coefficient (Wildman–Crippen LogP) is 3.77. The maximum absolute atomic E-state index is 13.9. The maximum Gasteiger partial charge on any atom is 0.303 e. The highest BCUT2D eigenvalue weighted by molar-refractivity contribution is 5.96. The van der Waals surface area contributed by atoms with Crippen LogP contribution in [-0.4, -0.2) is 79.7 Å². The number of H-pyrrole nitrogens is 1. The molecule has 4 aromatic rings. The first-order valence-corrected chi connectivity index (χ1v) is 19.6. The van der Waals surface area contributed by atoms with Gasteiger partial charge in [0, 0.05) is 37.1 Å². The Labute approximate surface area is 336 Å². The number of benzene rings is 2. The number of hydrogen-bond donors (Lipinski definition) is 8. The average Bonchev–Trinajstić information content (AvgIpc) is 3.62. The van der Waals surface area contributed by atoms with E-state index in [2.05, 4.69) is 41.5 Å². The molecule has 0 radical (unpaired) electrons. The Bertz CT molecular complexity index is 2030. The lowest BCUT2D eigenvalue weighted by atomic mass is 9.80. The number of rotatable bonds is 21. The van der Waals surface area contributed by atoms with E-state index in [4.69, 9.17) is 5.73 Å². The molecule has 0 saturated heterocycles. The third kappa shape index (κ3) is 13.0. The van der Waals surface area contributed by atoms with Gasteiger partial charge >= 0.3 is 5.97 Å². The van der Waals surface area contributed by atoms with E-state index in [1.807, 2.05) is 42.5 Å². The summed E-state index contributed by atoms with van der Waals surface area (Å²) >= 11 is 0. The van der Waals surface area contributed by atoms with Gasteiger partial charge in [-0.15, -0.1) is 0 Å². The third-order valence-corrected chi connectivity index (χ3v) is 10.0. The van der Waals surface area contributed by atoms with Gasteiger partial charge in [0.2, 0.25) is 35.5 Å². The highest BCUT2D eigenvalue weighted by atomic mass is 16.4. The Hall–Kier alpha value is -6.58. The molecule has 1 aliphatic carbocycles. The van der Waals surface area contributed by atoms with Crippen molar-refractivity contribution in [3.8, 4) is 0 Å². The summed E-state index contributed by atoms with van der Waals surface area (Å²) in [7, 11) is 0. The van der Waals surface area contributed by atoms with Crippen LogP contribution in [0.3, 0.4) is 0 Å². The molecular weight excluding hydrogens is 743 g/mol. The van der Waals surface area contributed by atoms with Crippen molar-refractivity contribution in [3.63, 3.8) is 0 Å². The van der Waals surface area contributed by atoms with E-state index >= 15 is 0 Å². The lowest BCUT2D eigenvalue weighted by Gasteiger charge is -2.36. The highest BCUT2D eigenvalue weighted by Crippen LogP contribution is 2.28. The normalized spacial score (nSPS) is 14.6. The molecule has 1 fully saturated rings. The number of amides is 5. The number of fused-ring (bicyclic) bond motifs is 1. The number of carboxylic acids is 1. The number of aromatic amines is 1. The number of carboxylic acid groups (broad SMARTS) is 1. The van der Waals surface area contributed by atoms with Gasteiger partial charge in [0.15, 0.2) is 0 Å². The molecule has 1 aliphatic rings. The number of anilines is 2. The smallest absolute Gasteiger partial charge is 0.303 e. The summed E-state index contributed by atoms with van der Waals surface area (Å²) < 4.78 is 0. The van der Waals surface area contributed by atoms with Crippen LogP contribution in [0.2, 0.25) is 0 Å². The number of para-hydroxylation sites is 2. The third-order valence-electron chi connectivity index (χ3n) is 10.0. The molecule has 58 heavy (non-hydrogen) atoms. The van der Waals surface area contributed by atoms with E-state index in [0.29, 0.717) is 56.6 Å². The average molecular weight is 794 g/mol. The van der Waals surface area contributed by atoms with Crippen molar-refractivity contribution >= 4 is 64.3 Å². The van der Waals surface area contributed by atoms with Gasteiger partial charge < -0.3 is 42.4 Å². The molecule has 2 atom stereocenters.